The van der Waals surface area contributed by atoms with Gasteiger partial charge < -0.3 is 4.57 Å². The minimum Gasteiger partial charge on any atom is -0.345 e. The van der Waals surface area contributed by atoms with Crippen molar-refractivity contribution in [2.24, 2.45) is 0 Å². The van der Waals surface area contributed by atoms with Crippen molar-refractivity contribution in [1.29, 1.82) is 0 Å². The van der Waals surface area contributed by atoms with Crippen LogP contribution in [0.15, 0.2) is 54.7 Å². The van der Waals surface area contributed by atoms with Gasteiger partial charge in [-0.2, -0.15) is 0 Å². The number of carbonyl (C=O) groups excluding carboxylic acids is 1. The van der Waals surface area contributed by atoms with E-state index in [0.717, 1.165) is 30.6 Å². The van der Waals surface area contributed by atoms with E-state index in [2.05, 4.69) is 6.92 Å². The highest BCUT2D eigenvalue weighted by atomic mass is 16.1. The Morgan fingerprint density at radius 3 is 2.68 bits per heavy atom. The molecule has 0 fully saturated rings. The summed E-state index contributed by atoms with van der Waals surface area (Å²) in [6.45, 7) is 3.06. The summed E-state index contributed by atoms with van der Waals surface area (Å²) >= 11 is 0. The number of allylic oxidation sites excluding steroid dienone is 1. The maximum Gasteiger partial charge on any atom is 0.202 e. The first kappa shape index (κ1) is 13.3. The zero-order chi connectivity index (χ0) is 13.5. The minimum absolute atomic E-state index is 0.0601. The normalized spacial score (nSPS) is 11.0. The third-order valence-electron chi connectivity index (χ3n) is 3.06. The fourth-order valence-corrected chi connectivity index (χ4v) is 1.98. The molecule has 2 nitrogen and oxygen atoms in total. The zero-order valence-electron chi connectivity index (χ0n) is 11.3. The first-order valence-electron chi connectivity index (χ1n) is 6.74. The predicted molar refractivity (Wildman–Crippen MR) is 79.1 cm³/mol. The Balaban J connectivity index is 2.08. The summed E-state index contributed by atoms with van der Waals surface area (Å²) < 4.78 is 2.03. The Morgan fingerprint density at radius 1 is 1.16 bits per heavy atom. The van der Waals surface area contributed by atoms with Crippen LogP contribution in [0.2, 0.25) is 0 Å². The number of aromatic nitrogens is 1. The largest absolute Gasteiger partial charge is 0.345 e. The monoisotopic (exact) mass is 253 g/mol. The van der Waals surface area contributed by atoms with Gasteiger partial charge in [-0.1, -0.05) is 49.8 Å². The van der Waals surface area contributed by atoms with E-state index in [9.17, 15) is 4.79 Å². The van der Waals surface area contributed by atoms with Crippen molar-refractivity contribution in [3.8, 4) is 0 Å². The van der Waals surface area contributed by atoms with Crippen molar-refractivity contribution in [3.05, 3.63) is 66.0 Å². The highest BCUT2D eigenvalue weighted by Crippen LogP contribution is 2.08. The summed E-state index contributed by atoms with van der Waals surface area (Å²) in [6, 6.07) is 13.7. The molecule has 2 rings (SSSR count). The van der Waals surface area contributed by atoms with Crippen molar-refractivity contribution < 1.29 is 4.79 Å². The van der Waals surface area contributed by atoms with Crippen LogP contribution in [0.3, 0.4) is 0 Å². The molecule has 0 aliphatic heterocycles. The maximum absolute atomic E-state index is 12.2. The predicted octanol–water partition coefficient (Wildman–Crippen LogP) is 4.18. The van der Waals surface area contributed by atoms with Crippen LogP contribution in [0.25, 0.3) is 6.08 Å². The molecule has 2 aromatic rings. The van der Waals surface area contributed by atoms with Crippen molar-refractivity contribution >= 4 is 11.9 Å². The first-order chi connectivity index (χ1) is 9.31. The van der Waals surface area contributed by atoms with Crippen LogP contribution >= 0.6 is 0 Å². The summed E-state index contributed by atoms with van der Waals surface area (Å²) in [5.41, 5.74) is 1.81. The Labute approximate surface area is 114 Å². The third kappa shape index (κ3) is 3.68. The first-order valence-corrected chi connectivity index (χ1v) is 6.74. The van der Waals surface area contributed by atoms with Crippen LogP contribution < -0.4 is 0 Å². The molecule has 1 heterocycles. The van der Waals surface area contributed by atoms with Crippen LogP contribution in [0, 0.1) is 0 Å². The number of unbranched alkanes of at least 4 members (excludes halogenated alkanes) is 1. The summed E-state index contributed by atoms with van der Waals surface area (Å²) in [5, 5.41) is 0. The number of ketones is 1. The quantitative estimate of drug-likeness (QED) is 0.559. The van der Waals surface area contributed by atoms with Crippen LogP contribution in [-0.4, -0.2) is 10.4 Å². The van der Waals surface area contributed by atoms with Gasteiger partial charge in [-0.3, -0.25) is 4.79 Å². The lowest BCUT2D eigenvalue weighted by atomic mass is 10.2. The van der Waals surface area contributed by atoms with Crippen molar-refractivity contribution in [1.82, 2.24) is 4.57 Å². The highest BCUT2D eigenvalue weighted by Gasteiger charge is 2.06. The average molecular weight is 253 g/mol. The molecule has 0 radical (unpaired) electrons. The van der Waals surface area contributed by atoms with Gasteiger partial charge >= 0.3 is 0 Å². The van der Waals surface area contributed by atoms with Crippen LogP contribution in [0.4, 0.5) is 0 Å². The van der Waals surface area contributed by atoms with E-state index >= 15 is 0 Å². The standard InChI is InChI=1S/C17H19NO/c1-2-3-13-18-14-7-10-16(18)17(19)12-11-15-8-5-4-6-9-15/h4-12,14H,2-3,13H2,1H3/b12-11+. The Morgan fingerprint density at radius 2 is 1.95 bits per heavy atom. The van der Waals surface area contributed by atoms with E-state index < -0.39 is 0 Å². The van der Waals surface area contributed by atoms with Gasteiger partial charge in [-0.15, -0.1) is 0 Å². The second-order valence-electron chi connectivity index (χ2n) is 4.55. The van der Waals surface area contributed by atoms with Crippen molar-refractivity contribution in [2.75, 3.05) is 0 Å². The van der Waals surface area contributed by atoms with Crippen molar-refractivity contribution in [3.63, 3.8) is 0 Å². The van der Waals surface area contributed by atoms with Crippen LogP contribution in [0.5, 0.6) is 0 Å². The number of carbonyl (C=O) groups is 1. The fraction of sp³-hybridized carbons (Fsp3) is 0.235. The number of aryl methyl sites for hydroxylation is 1. The summed E-state index contributed by atoms with van der Waals surface area (Å²) in [6.07, 6.45) is 7.70. The number of hydrogen-bond acceptors (Lipinski definition) is 1. The van der Waals surface area contributed by atoms with Crippen LogP contribution in [0.1, 0.15) is 35.8 Å². The van der Waals surface area contributed by atoms with Crippen molar-refractivity contribution in [2.45, 2.75) is 26.3 Å². The molecule has 0 N–H and O–H groups in total. The highest BCUT2D eigenvalue weighted by molar-refractivity contribution is 6.05. The molecule has 1 aromatic heterocycles. The SMILES string of the molecule is CCCCn1cccc1C(=O)/C=C/c1ccccc1. The molecule has 0 aliphatic rings. The molecule has 98 valence electrons. The van der Waals surface area contributed by atoms with E-state index in [-0.39, 0.29) is 5.78 Å². The molecule has 0 bridgehead atoms. The number of hydrogen-bond donors (Lipinski definition) is 0. The van der Waals surface area contributed by atoms with Gasteiger partial charge in [0.2, 0.25) is 5.78 Å². The fourth-order valence-electron chi connectivity index (χ4n) is 1.98. The van der Waals surface area contributed by atoms with Gasteiger partial charge in [0, 0.05) is 12.7 Å². The second kappa shape index (κ2) is 6.74. The van der Waals surface area contributed by atoms with Gasteiger partial charge in [0.1, 0.15) is 0 Å². The van der Waals surface area contributed by atoms with Crippen LogP contribution in [-0.2, 0) is 6.54 Å². The molecular formula is C17H19NO. The molecule has 1 aromatic carbocycles. The summed E-state index contributed by atoms with van der Waals surface area (Å²) in [5.74, 6) is 0.0601. The lowest BCUT2D eigenvalue weighted by molar-refractivity contribution is 0.103. The average Bonchev–Trinajstić information content (AvgIpc) is 2.92. The van der Waals surface area contributed by atoms with E-state index in [0.29, 0.717) is 0 Å². The maximum atomic E-state index is 12.2. The molecule has 0 unspecified atom stereocenters. The molecule has 0 spiro atoms. The number of rotatable bonds is 6. The lowest BCUT2D eigenvalue weighted by Crippen LogP contribution is -2.06. The smallest absolute Gasteiger partial charge is 0.202 e. The Bertz CT molecular complexity index is 552. The minimum atomic E-state index is 0.0601. The second-order valence-corrected chi connectivity index (χ2v) is 4.55. The molecule has 0 aliphatic carbocycles. The Hall–Kier alpha value is -2.09. The van der Waals surface area contributed by atoms with Gasteiger partial charge in [0.25, 0.3) is 0 Å². The summed E-state index contributed by atoms with van der Waals surface area (Å²) in [4.78, 5) is 12.2. The molecule has 2 heteroatoms. The molecule has 0 atom stereocenters. The lowest BCUT2D eigenvalue weighted by Gasteiger charge is -2.05. The van der Waals surface area contributed by atoms with E-state index in [1.807, 2.05) is 59.3 Å². The number of benzene rings is 1. The molecule has 0 saturated carbocycles. The number of nitrogens with zero attached hydrogens (tertiary/aromatic N) is 1. The topological polar surface area (TPSA) is 22.0 Å². The molecular weight excluding hydrogens is 234 g/mol. The van der Waals surface area contributed by atoms with E-state index in [1.165, 1.54) is 0 Å². The molecule has 0 amide bonds. The van der Waals surface area contributed by atoms with Gasteiger partial charge in [-0.05, 0) is 30.2 Å². The molecule has 19 heavy (non-hydrogen) atoms. The third-order valence-corrected chi connectivity index (χ3v) is 3.06. The van der Waals surface area contributed by atoms with Gasteiger partial charge in [0.05, 0.1) is 5.69 Å². The van der Waals surface area contributed by atoms with E-state index in [4.69, 9.17) is 0 Å². The van der Waals surface area contributed by atoms with E-state index in [1.54, 1.807) is 6.08 Å². The molecule has 0 saturated heterocycles. The van der Waals surface area contributed by atoms with Gasteiger partial charge in [0.15, 0.2) is 0 Å². The summed E-state index contributed by atoms with van der Waals surface area (Å²) in [7, 11) is 0. The zero-order valence-corrected chi connectivity index (χ0v) is 11.3. The Kier molecular flexibility index (Phi) is 4.73. The van der Waals surface area contributed by atoms with Gasteiger partial charge in [-0.25, -0.2) is 0 Å².